The van der Waals surface area contributed by atoms with Crippen LogP contribution in [0.25, 0.3) is 0 Å². The van der Waals surface area contributed by atoms with Gasteiger partial charge in [-0.1, -0.05) is 0 Å². The lowest BCUT2D eigenvalue weighted by Crippen LogP contribution is -2.40. The summed E-state index contributed by atoms with van der Waals surface area (Å²) in [6.07, 6.45) is -2.62. The van der Waals surface area contributed by atoms with Crippen molar-refractivity contribution in [3.05, 3.63) is 0 Å². The van der Waals surface area contributed by atoms with E-state index in [1.54, 1.807) is 27.8 Å². The summed E-state index contributed by atoms with van der Waals surface area (Å²) in [5.74, 6) is 0. The summed E-state index contributed by atoms with van der Waals surface area (Å²) in [6, 6.07) is 0. The van der Waals surface area contributed by atoms with Gasteiger partial charge in [-0.05, 0) is 40.8 Å². The number of hydrogen-bond acceptors (Lipinski definition) is 3. The van der Waals surface area contributed by atoms with Gasteiger partial charge in [0.1, 0.15) is 5.60 Å². The lowest BCUT2D eigenvalue weighted by atomic mass is 10.2. The Bertz CT molecular complexity index is 230. The van der Waals surface area contributed by atoms with Gasteiger partial charge in [0.15, 0.2) is 0 Å². The van der Waals surface area contributed by atoms with Gasteiger partial charge in [-0.3, -0.25) is 0 Å². The van der Waals surface area contributed by atoms with Crippen LogP contribution >= 0.6 is 0 Å². The van der Waals surface area contributed by atoms with Crippen molar-refractivity contribution in [2.75, 3.05) is 26.7 Å². The molecule has 1 N–H and O–H groups in total. The minimum absolute atomic E-state index is 0.264. The van der Waals surface area contributed by atoms with Gasteiger partial charge in [0.05, 0.1) is 6.54 Å². The van der Waals surface area contributed by atoms with Gasteiger partial charge in [-0.2, -0.15) is 0 Å². The fourth-order valence-electron chi connectivity index (χ4n) is 1.20. The van der Waals surface area contributed by atoms with E-state index in [2.05, 4.69) is 5.32 Å². The highest BCUT2D eigenvalue weighted by molar-refractivity contribution is 5.68. The van der Waals surface area contributed by atoms with E-state index in [4.69, 9.17) is 4.74 Å². The van der Waals surface area contributed by atoms with Crippen LogP contribution in [0.2, 0.25) is 0 Å². The normalized spacial score (nSPS) is 11.7. The molecule has 0 spiro atoms. The number of ether oxygens (including phenoxy) is 1. The van der Waals surface area contributed by atoms with Crippen LogP contribution in [0.1, 0.15) is 27.2 Å². The van der Waals surface area contributed by atoms with E-state index in [0.29, 0.717) is 13.0 Å². The zero-order valence-corrected chi connectivity index (χ0v) is 10.9. The van der Waals surface area contributed by atoms with Crippen molar-refractivity contribution >= 4 is 6.09 Å². The summed E-state index contributed by atoms with van der Waals surface area (Å²) in [5.41, 5.74) is -0.666. The molecule has 0 aromatic rings. The van der Waals surface area contributed by atoms with Gasteiger partial charge < -0.3 is 15.0 Å². The van der Waals surface area contributed by atoms with Crippen molar-refractivity contribution < 1.29 is 18.3 Å². The molecule has 0 aromatic heterocycles. The molecule has 102 valence electrons. The Morgan fingerprint density at radius 2 is 2.00 bits per heavy atom. The monoisotopic (exact) mass is 252 g/mol. The third kappa shape index (κ3) is 8.85. The molecule has 4 nitrogen and oxygen atoms in total. The van der Waals surface area contributed by atoms with Gasteiger partial charge in [0.25, 0.3) is 6.43 Å². The maximum atomic E-state index is 12.3. The van der Waals surface area contributed by atoms with Crippen molar-refractivity contribution in [3.8, 4) is 0 Å². The molecule has 0 aliphatic heterocycles. The van der Waals surface area contributed by atoms with Crippen molar-refractivity contribution in [2.24, 2.45) is 0 Å². The van der Waals surface area contributed by atoms with Crippen molar-refractivity contribution in [1.29, 1.82) is 0 Å². The van der Waals surface area contributed by atoms with E-state index in [1.165, 1.54) is 0 Å². The second-order valence-corrected chi connectivity index (χ2v) is 4.77. The van der Waals surface area contributed by atoms with E-state index >= 15 is 0 Å². The summed E-state index contributed by atoms with van der Waals surface area (Å²) in [6.45, 7) is 5.47. The van der Waals surface area contributed by atoms with Crippen LogP contribution in [0.15, 0.2) is 0 Å². The topological polar surface area (TPSA) is 41.6 Å². The van der Waals surface area contributed by atoms with Crippen molar-refractivity contribution in [3.63, 3.8) is 0 Å². The first-order valence-electron chi connectivity index (χ1n) is 5.67. The molecule has 0 aliphatic rings. The lowest BCUT2D eigenvalue weighted by molar-refractivity contribution is 0.0101. The number of hydrogen-bond donors (Lipinski definition) is 1. The van der Waals surface area contributed by atoms with Crippen LogP contribution < -0.4 is 5.32 Å². The summed E-state index contributed by atoms with van der Waals surface area (Å²) in [5, 5.41) is 2.90. The fourth-order valence-corrected chi connectivity index (χ4v) is 1.20. The van der Waals surface area contributed by atoms with E-state index < -0.39 is 24.7 Å². The summed E-state index contributed by atoms with van der Waals surface area (Å²) < 4.78 is 29.7. The number of amides is 1. The molecule has 0 rings (SSSR count). The number of rotatable bonds is 6. The molecule has 0 radical (unpaired) electrons. The summed E-state index contributed by atoms with van der Waals surface area (Å²) in [4.78, 5) is 12.7. The molecule has 0 aromatic carbocycles. The Balaban J connectivity index is 4.29. The Hall–Kier alpha value is -0.910. The summed E-state index contributed by atoms with van der Waals surface area (Å²) in [7, 11) is 1.77. The molecule has 1 amide bonds. The highest BCUT2D eigenvalue weighted by atomic mass is 19.3. The van der Waals surface area contributed by atoms with Crippen LogP contribution in [0.4, 0.5) is 13.6 Å². The second kappa shape index (κ2) is 7.42. The smallest absolute Gasteiger partial charge is 0.410 e. The molecule has 0 saturated carbocycles. The molecular formula is C11H22F2N2O2. The van der Waals surface area contributed by atoms with E-state index in [-0.39, 0.29) is 6.54 Å². The van der Waals surface area contributed by atoms with E-state index in [0.717, 1.165) is 4.90 Å². The number of halogens is 2. The fraction of sp³-hybridized carbons (Fsp3) is 0.909. The van der Waals surface area contributed by atoms with Crippen LogP contribution in [0.5, 0.6) is 0 Å². The largest absolute Gasteiger partial charge is 0.444 e. The third-order valence-corrected chi connectivity index (χ3v) is 1.86. The molecule has 0 saturated heterocycles. The number of carbonyl (C=O) groups is 1. The van der Waals surface area contributed by atoms with Gasteiger partial charge in [-0.15, -0.1) is 0 Å². The number of nitrogens with one attached hydrogen (secondary N) is 1. The van der Waals surface area contributed by atoms with Crippen molar-refractivity contribution in [1.82, 2.24) is 10.2 Å². The first-order valence-corrected chi connectivity index (χ1v) is 5.67. The third-order valence-electron chi connectivity index (χ3n) is 1.86. The maximum absolute atomic E-state index is 12.3. The lowest BCUT2D eigenvalue weighted by Gasteiger charge is -2.27. The average Bonchev–Trinajstić information content (AvgIpc) is 2.13. The Morgan fingerprint density at radius 3 is 2.41 bits per heavy atom. The zero-order valence-electron chi connectivity index (χ0n) is 10.9. The molecule has 0 bridgehead atoms. The van der Waals surface area contributed by atoms with Gasteiger partial charge >= 0.3 is 6.09 Å². The Kier molecular flexibility index (Phi) is 7.03. The number of carbonyl (C=O) groups excluding carboxylic acids is 1. The zero-order chi connectivity index (χ0) is 13.5. The van der Waals surface area contributed by atoms with Crippen LogP contribution in [0.3, 0.4) is 0 Å². The molecule has 17 heavy (non-hydrogen) atoms. The highest BCUT2D eigenvalue weighted by Gasteiger charge is 2.23. The van der Waals surface area contributed by atoms with Crippen molar-refractivity contribution in [2.45, 2.75) is 39.2 Å². The van der Waals surface area contributed by atoms with Crippen LogP contribution in [-0.2, 0) is 4.74 Å². The molecule has 0 unspecified atom stereocenters. The highest BCUT2D eigenvalue weighted by Crippen LogP contribution is 2.11. The SMILES string of the molecule is CNCCCN(CC(F)F)C(=O)OC(C)(C)C. The predicted octanol–water partition coefficient (Wildman–Crippen LogP) is 2.10. The second-order valence-electron chi connectivity index (χ2n) is 4.77. The van der Waals surface area contributed by atoms with Crippen LogP contribution in [-0.4, -0.2) is 49.7 Å². The average molecular weight is 252 g/mol. The summed E-state index contributed by atoms with van der Waals surface area (Å²) >= 11 is 0. The first-order chi connectivity index (χ1) is 7.76. The van der Waals surface area contributed by atoms with Gasteiger partial charge in [0.2, 0.25) is 0 Å². The molecular weight excluding hydrogens is 230 g/mol. The number of alkyl halides is 2. The van der Waals surface area contributed by atoms with Crippen LogP contribution in [0, 0.1) is 0 Å². The standard InChI is InChI=1S/C11H22F2N2O2/c1-11(2,3)17-10(16)15(8-9(12)13)7-5-6-14-4/h9,14H,5-8H2,1-4H3. The number of nitrogens with zero attached hydrogens (tertiary/aromatic N) is 1. The Labute approximate surface area is 101 Å². The minimum atomic E-state index is -2.54. The van der Waals surface area contributed by atoms with Gasteiger partial charge in [0, 0.05) is 6.54 Å². The Morgan fingerprint density at radius 1 is 1.41 bits per heavy atom. The molecule has 0 heterocycles. The van der Waals surface area contributed by atoms with Gasteiger partial charge in [-0.25, -0.2) is 13.6 Å². The molecule has 0 atom stereocenters. The molecule has 0 fully saturated rings. The molecule has 6 heteroatoms. The predicted molar refractivity (Wildman–Crippen MR) is 62.4 cm³/mol. The van der Waals surface area contributed by atoms with E-state index in [9.17, 15) is 13.6 Å². The molecule has 0 aliphatic carbocycles. The quantitative estimate of drug-likeness (QED) is 0.736. The minimum Gasteiger partial charge on any atom is -0.444 e. The maximum Gasteiger partial charge on any atom is 0.410 e. The first kappa shape index (κ1) is 16.1. The van der Waals surface area contributed by atoms with E-state index in [1.807, 2.05) is 0 Å².